The van der Waals surface area contributed by atoms with E-state index in [0.29, 0.717) is 12.3 Å². The number of hydrogen-bond acceptors (Lipinski definition) is 4. The lowest BCUT2D eigenvalue weighted by molar-refractivity contribution is -0.140. The van der Waals surface area contributed by atoms with Gasteiger partial charge in [0, 0.05) is 6.42 Å². The van der Waals surface area contributed by atoms with Crippen LogP contribution in [-0.4, -0.2) is 30.0 Å². The van der Waals surface area contributed by atoms with Crippen molar-refractivity contribution >= 4 is 17.7 Å². The van der Waals surface area contributed by atoms with Crippen LogP contribution in [0.5, 0.6) is 0 Å². The molecule has 0 amide bonds. The van der Waals surface area contributed by atoms with Crippen molar-refractivity contribution in [2.45, 2.75) is 70.8 Å². The molecule has 1 aliphatic carbocycles. The summed E-state index contributed by atoms with van der Waals surface area (Å²) in [5.74, 6) is 1.64. The van der Waals surface area contributed by atoms with Crippen LogP contribution in [0.1, 0.15) is 63.9 Å². The zero-order chi connectivity index (χ0) is 19.5. The number of benzene rings is 1. The molecule has 0 aliphatic heterocycles. The first kappa shape index (κ1) is 22.0. The molecule has 3 nitrogen and oxygen atoms in total. The fourth-order valence-corrected chi connectivity index (χ4v) is 5.11. The van der Waals surface area contributed by atoms with Crippen molar-refractivity contribution in [1.29, 1.82) is 0 Å². The van der Waals surface area contributed by atoms with Gasteiger partial charge in [-0.3, -0.25) is 4.79 Å². The average molecular weight is 391 g/mol. The maximum absolute atomic E-state index is 11.1. The number of esters is 1. The molecule has 150 valence electrons. The SMILES string of the molecule is COC(=O)CCCCCSC1=C(C)CCC1CCC(O)Cc1ccccc1. The molecule has 0 saturated carbocycles. The molecule has 2 rings (SSSR count). The summed E-state index contributed by atoms with van der Waals surface area (Å²) in [6, 6.07) is 10.3. The van der Waals surface area contributed by atoms with Gasteiger partial charge in [-0.25, -0.2) is 0 Å². The van der Waals surface area contributed by atoms with Gasteiger partial charge in [-0.1, -0.05) is 42.3 Å². The molecule has 1 aliphatic rings. The molecule has 0 aromatic heterocycles. The van der Waals surface area contributed by atoms with Crippen LogP contribution in [-0.2, 0) is 16.0 Å². The number of hydrogen-bond donors (Lipinski definition) is 1. The molecule has 0 saturated heterocycles. The third-order valence-corrected chi connectivity index (χ3v) is 6.82. The fraction of sp³-hybridized carbons (Fsp3) is 0.609. The highest BCUT2D eigenvalue weighted by molar-refractivity contribution is 8.03. The predicted octanol–water partition coefficient (Wildman–Crippen LogP) is 5.52. The van der Waals surface area contributed by atoms with E-state index in [0.717, 1.165) is 44.3 Å². The van der Waals surface area contributed by atoms with Crippen molar-refractivity contribution in [3.8, 4) is 0 Å². The van der Waals surface area contributed by atoms with Gasteiger partial charge in [0.25, 0.3) is 0 Å². The number of carbonyl (C=O) groups excluding carboxylic acids is 1. The van der Waals surface area contributed by atoms with Crippen molar-refractivity contribution < 1.29 is 14.6 Å². The second kappa shape index (κ2) is 12.2. The number of thioether (sulfide) groups is 1. The third-order valence-electron chi connectivity index (χ3n) is 5.33. The summed E-state index contributed by atoms with van der Waals surface area (Å²) in [6.45, 7) is 2.26. The van der Waals surface area contributed by atoms with Gasteiger partial charge in [-0.15, -0.1) is 11.8 Å². The minimum absolute atomic E-state index is 0.105. The largest absolute Gasteiger partial charge is 0.469 e. The fourth-order valence-electron chi connectivity index (χ4n) is 3.72. The van der Waals surface area contributed by atoms with Crippen LogP contribution in [0.2, 0.25) is 0 Å². The summed E-state index contributed by atoms with van der Waals surface area (Å²) in [5.41, 5.74) is 2.75. The Balaban J connectivity index is 1.66. The Hall–Kier alpha value is -1.26. The highest BCUT2D eigenvalue weighted by Gasteiger charge is 2.24. The maximum atomic E-state index is 11.1. The molecule has 1 aromatic carbocycles. The van der Waals surface area contributed by atoms with Crippen molar-refractivity contribution in [3.63, 3.8) is 0 Å². The molecular formula is C23H34O3S. The average Bonchev–Trinajstić information content (AvgIpc) is 3.03. The van der Waals surface area contributed by atoms with Gasteiger partial charge < -0.3 is 9.84 Å². The van der Waals surface area contributed by atoms with E-state index in [1.807, 2.05) is 30.0 Å². The van der Waals surface area contributed by atoms with Gasteiger partial charge in [0.2, 0.25) is 0 Å². The molecule has 1 aromatic rings. The lowest BCUT2D eigenvalue weighted by Gasteiger charge is -2.18. The Labute approximate surface area is 168 Å². The molecule has 0 fully saturated rings. The van der Waals surface area contributed by atoms with Crippen LogP contribution in [0.15, 0.2) is 40.8 Å². The smallest absolute Gasteiger partial charge is 0.305 e. The third kappa shape index (κ3) is 8.10. The van der Waals surface area contributed by atoms with Crippen LogP contribution in [0.4, 0.5) is 0 Å². The van der Waals surface area contributed by atoms with E-state index in [1.165, 1.54) is 31.1 Å². The highest BCUT2D eigenvalue weighted by Crippen LogP contribution is 2.42. The van der Waals surface area contributed by atoms with Gasteiger partial charge in [-0.05, 0) is 74.0 Å². The van der Waals surface area contributed by atoms with Crippen LogP contribution in [0, 0.1) is 5.92 Å². The van der Waals surface area contributed by atoms with Crippen LogP contribution in [0.25, 0.3) is 0 Å². The molecule has 0 bridgehead atoms. The quantitative estimate of drug-likeness (QED) is 0.377. The zero-order valence-electron chi connectivity index (χ0n) is 16.8. The Kier molecular flexibility index (Phi) is 10.00. The molecule has 0 heterocycles. The van der Waals surface area contributed by atoms with Gasteiger partial charge in [-0.2, -0.15) is 0 Å². The number of carbonyl (C=O) groups is 1. The zero-order valence-corrected chi connectivity index (χ0v) is 17.6. The van der Waals surface area contributed by atoms with E-state index in [1.54, 1.807) is 4.91 Å². The monoisotopic (exact) mass is 390 g/mol. The molecule has 4 heteroatoms. The molecule has 1 N–H and O–H groups in total. The van der Waals surface area contributed by atoms with Crippen LogP contribution < -0.4 is 0 Å². The summed E-state index contributed by atoms with van der Waals surface area (Å²) < 4.78 is 4.68. The number of ether oxygens (including phenoxy) is 1. The van der Waals surface area contributed by atoms with Crippen molar-refractivity contribution in [2.24, 2.45) is 5.92 Å². The molecule has 27 heavy (non-hydrogen) atoms. The van der Waals surface area contributed by atoms with Crippen molar-refractivity contribution in [1.82, 2.24) is 0 Å². The standard InChI is InChI=1S/C23H34O3S/c1-18-12-13-20(14-15-21(24)17-19-9-5-3-6-10-19)23(18)27-16-8-4-7-11-22(25)26-2/h3,5-6,9-10,20-21,24H,4,7-8,11-17H2,1-2H3. The van der Waals surface area contributed by atoms with E-state index >= 15 is 0 Å². The van der Waals surface area contributed by atoms with Gasteiger partial charge in [0.1, 0.15) is 0 Å². The van der Waals surface area contributed by atoms with Gasteiger partial charge >= 0.3 is 5.97 Å². The van der Waals surface area contributed by atoms with Gasteiger partial charge in [0.15, 0.2) is 0 Å². The molecule has 2 unspecified atom stereocenters. The predicted molar refractivity (Wildman–Crippen MR) is 114 cm³/mol. The summed E-state index contributed by atoms with van der Waals surface area (Å²) in [7, 11) is 1.45. The Bertz CT molecular complexity index is 597. The van der Waals surface area contributed by atoms with E-state index in [-0.39, 0.29) is 12.1 Å². The molecule has 0 spiro atoms. The molecule has 2 atom stereocenters. The number of aliphatic hydroxyl groups excluding tert-OH is 1. The minimum Gasteiger partial charge on any atom is -0.469 e. The summed E-state index contributed by atoms with van der Waals surface area (Å²) in [4.78, 5) is 12.7. The number of unbranched alkanes of at least 4 members (excludes halogenated alkanes) is 2. The highest BCUT2D eigenvalue weighted by atomic mass is 32.2. The Morgan fingerprint density at radius 1 is 1.26 bits per heavy atom. The van der Waals surface area contributed by atoms with Crippen LogP contribution in [0.3, 0.4) is 0 Å². The Morgan fingerprint density at radius 3 is 2.78 bits per heavy atom. The summed E-state index contributed by atoms with van der Waals surface area (Å²) in [5, 5.41) is 10.4. The van der Waals surface area contributed by atoms with Crippen molar-refractivity contribution in [3.05, 3.63) is 46.4 Å². The van der Waals surface area contributed by atoms with E-state index in [2.05, 4.69) is 23.8 Å². The summed E-state index contributed by atoms with van der Waals surface area (Å²) >= 11 is 2.00. The Morgan fingerprint density at radius 2 is 2.04 bits per heavy atom. The number of rotatable bonds is 12. The summed E-state index contributed by atoms with van der Waals surface area (Å²) in [6.07, 6.45) is 8.55. The first-order chi connectivity index (χ1) is 13.1. The normalized spacial score (nSPS) is 18.0. The van der Waals surface area contributed by atoms with E-state index in [9.17, 15) is 9.90 Å². The van der Waals surface area contributed by atoms with Crippen LogP contribution >= 0.6 is 11.8 Å². The maximum Gasteiger partial charge on any atom is 0.305 e. The topological polar surface area (TPSA) is 46.5 Å². The second-order valence-corrected chi connectivity index (χ2v) is 8.67. The molecule has 0 radical (unpaired) electrons. The molecular weight excluding hydrogens is 356 g/mol. The number of allylic oxidation sites excluding steroid dienone is 2. The number of methoxy groups -OCH3 is 1. The minimum atomic E-state index is -0.252. The van der Waals surface area contributed by atoms with E-state index < -0.39 is 0 Å². The van der Waals surface area contributed by atoms with E-state index in [4.69, 9.17) is 0 Å². The second-order valence-electron chi connectivity index (χ2n) is 7.54. The first-order valence-corrected chi connectivity index (χ1v) is 11.2. The van der Waals surface area contributed by atoms with Crippen molar-refractivity contribution in [2.75, 3.05) is 12.9 Å². The first-order valence-electron chi connectivity index (χ1n) is 10.2. The lowest BCUT2D eigenvalue weighted by atomic mass is 9.97. The van der Waals surface area contributed by atoms with Gasteiger partial charge in [0.05, 0.1) is 13.2 Å². The lowest BCUT2D eigenvalue weighted by Crippen LogP contribution is -2.12. The number of aliphatic hydroxyl groups is 1.